The van der Waals surface area contributed by atoms with Gasteiger partial charge >= 0.3 is 0 Å². The van der Waals surface area contributed by atoms with Crippen LogP contribution >= 0.6 is 34.8 Å². The Kier molecular flexibility index (Phi) is 6.60. The van der Waals surface area contributed by atoms with Crippen LogP contribution in [0, 0.1) is 3.57 Å². The zero-order valence-corrected chi connectivity index (χ0v) is 15.4. The summed E-state index contributed by atoms with van der Waals surface area (Å²) in [6.07, 6.45) is 1.62. The molecule has 0 fully saturated rings. The van der Waals surface area contributed by atoms with E-state index in [4.69, 9.17) is 27.4 Å². The van der Waals surface area contributed by atoms with Crippen molar-refractivity contribution in [3.8, 4) is 11.5 Å². The Hall–Kier alpha value is -1.87. The monoisotopic (exact) mass is 441 g/mol. The fourth-order valence-electron chi connectivity index (χ4n) is 1.85. The Bertz CT molecular complexity index is 708. The van der Waals surface area contributed by atoms with Crippen LogP contribution in [0.4, 0.5) is 0 Å². The number of ether oxygens (including phenoxy) is 2. The normalized spacial score (nSPS) is 10.5. The molecule has 3 N–H and O–H groups in total. The van der Waals surface area contributed by atoms with E-state index in [1.54, 1.807) is 13.3 Å². The molecule has 120 valence electrons. The number of hydrazone groups is 1. The van der Waals surface area contributed by atoms with Crippen LogP contribution in [0.25, 0.3) is 0 Å². The SMILES string of the molecule is COc1cc(C=NNC(N)=S)cc(I)c1OCc1ccccc1. The van der Waals surface area contributed by atoms with Crippen LogP contribution in [-0.2, 0) is 6.61 Å². The molecule has 5 nitrogen and oxygen atoms in total. The van der Waals surface area contributed by atoms with Crippen LogP contribution in [0.1, 0.15) is 11.1 Å². The highest BCUT2D eigenvalue weighted by Crippen LogP contribution is 2.34. The molecule has 0 bridgehead atoms. The number of benzene rings is 2. The molecule has 2 aromatic rings. The van der Waals surface area contributed by atoms with Gasteiger partial charge in [0.1, 0.15) is 6.61 Å². The first kappa shape index (κ1) is 17.5. The quantitative estimate of drug-likeness (QED) is 0.312. The lowest BCUT2D eigenvalue weighted by molar-refractivity contribution is 0.282. The van der Waals surface area contributed by atoms with Gasteiger partial charge in [0, 0.05) is 0 Å². The molecular formula is C16H16IN3O2S. The third-order valence-corrected chi connectivity index (χ3v) is 3.76. The van der Waals surface area contributed by atoms with E-state index in [0.717, 1.165) is 14.7 Å². The van der Waals surface area contributed by atoms with Crippen molar-refractivity contribution in [3.05, 3.63) is 57.2 Å². The highest BCUT2D eigenvalue weighted by Gasteiger charge is 2.11. The second kappa shape index (κ2) is 8.68. The molecule has 0 aliphatic rings. The topological polar surface area (TPSA) is 68.9 Å². The average molecular weight is 441 g/mol. The number of rotatable bonds is 6. The Morgan fingerprint density at radius 3 is 2.74 bits per heavy atom. The van der Waals surface area contributed by atoms with Crippen molar-refractivity contribution in [2.24, 2.45) is 10.8 Å². The summed E-state index contributed by atoms with van der Waals surface area (Å²) in [6.45, 7) is 0.476. The summed E-state index contributed by atoms with van der Waals surface area (Å²) in [5.74, 6) is 1.35. The molecule has 0 aliphatic carbocycles. The van der Waals surface area contributed by atoms with E-state index in [2.05, 4.69) is 33.1 Å². The number of nitrogens with two attached hydrogens (primary N) is 1. The fraction of sp³-hybridized carbons (Fsp3) is 0.125. The molecule has 0 atom stereocenters. The smallest absolute Gasteiger partial charge is 0.184 e. The predicted octanol–water partition coefficient (Wildman–Crippen LogP) is 3.05. The second-order valence-corrected chi connectivity index (χ2v) is 6.14. The minimum Gasteiger partial charge on any atom is -0.493 e. The maximum atomic E-state index is 5.91. The average Bonchev–Trinajstić information content (AvgIpc) is 2.54. The molecule has 23 heavy (non-hydrogen) atoms. The summed E-state index contributed by atoms with van der Waals surface area (Å²) in [5, 5.41) is 4.06. The molecule has 0 aromatic heterocycles. The van der Waals surface area contributed by atoms with Crippen LogP contribution in [0.5, 0.6) is 11.5 Å². The zero-order valence-electron chi connectivity index (χ0n) is 12.5. The molecule has 2 aromatic carbocycles. The summed E-state index contributed by atoms with van der Waals surface area (Å²) >= 11 is 6.90. The van der Waals surface area contributed by atoms with Crippen molar-refractivity contribution in [1.29, 1.82) is 0 Å². The largest absolute Gasteiger partial charge is 0.493 e. The Morgan fingerprint density at radius 1 is 1.35 bits per heavy atom. The summed E-state index contributed by atoms with van der Waals surface area (Å²) in [4.78, 5) is 0. The van der Waals surface area contributed by atoms with E-state index in [9.17, 15) is 0 Å². The van der Waals surface area contributed by atoms with Gasteiger partial charge in [-0.2, -0.15) is 5.10 Å². The standard InChI is InChI=1S/C16H16IN3O2S/c1-21-14-8-12(9-19-20-16(18)23)7-13(17)15(14)22-10-11-5-3-2-4-6-11/h2-9H,10H2,1H3,(H3,18,20,23). The van der Waals surface area contributed by atoms with Gasteiger partial charge in [0.2, 0.25) is 0 Å². The van der Waals surface area contributed by atoms with Gasteiger partial charge < -0.3 is 15.2 Å². The zero-order chi connectivity index (χ0) is 16.7. The van der Waals surface area contributed by atoms with Gasteiger partial charge in [0.05, 0.1) is 16.9 Å². The molecule has 2 rings (SSSR count). The van der Waals surface area contributed by atoms with Crippen molar-refractivity contribution >= 4 is 46.1 Å². The number of hydrogen-bond donors (Lipinski definition) is 2. The predicted molar refractivity (Wildman–Crippen MR) is 104 cm³/mol. The highest BCUT2D eigenvalue weighted by atomic mass is 127. The number of methoxy groups -OCH3 is 1. The molecule has 0 spiro atoms. The van der Waals surface area contributed by atoms with E-state index in [0.29, 0.717) is 18.1 Å². The van der Waals surface area contributed by atoms with Crippen LogP contribution < -0.4 is 20.6 Å². The molecule has 0 saturated heterocycles. The first-order valence-electron chi connectivity index (χ1n) is 6.73. The van der Waals surface area contributed by atoms with E-state index >= 15 is 0 Å². The van der Waals surface area contributed by atoms with Crippen molar-refractivity contribution in [1.82, 2.24) is 5.43 Å². The van der Waals surface area contributed by atoms with Crippen LogP contribution in [0.15, 0.2) is 47.6 Å². The van der Waals surface area contributed by atoms with Gasteiger partial charge in [-0.25, -0.2) is 0 Å². The van der Waals surface area contributed by atoms with E-state index in [1.165, 1.54) is 0 Å². The molecule has 0 radical (unpaired) electrons. The van der Waals surface area contributed by atoms with Crippen LogP contribution in [0.2, 0.25) is 0 Å². The van der Waals surface area contributed by atoms with Crippen LogP contribution in [0.3, 0.4) is 0 Å². The van der Waals surface area contributed by atoms with Gasteiger partial charge in [-0.1, -0.05) is 30.3 Å². The molecule has 0 aliphatic heterocycles. The van der Waals surface area contributed by atoms with E-state index < -0.39 is 0 Å². The summed E-state index contributed by atoms with van der Waals surface area (Å²) in [7, 11) is 1.61. The maximum absolute atomic E-state index is 5.91. The molecule has 0 saturated carbocycles. The van der Waals surface area contributed by atoms with Gasteiger partial charge in [-0.15, -0.1) is 0 Å². The molecular weight excluding hydrogens is 425 g/mol. The third-order valence-electron chi connectivity index (χ3n) is 2.87. The lowest BCUT2D eigenvalue weighted by Crippen LogP contribution is -2.24. The minimum absolute atomic E-state index is 0.116. The molecule has 7 heteroatoms. The van der Waals surface area contributed by atoms with Crippen molar-refractivity contribution in [3.63, 3.8) is 0 Å². The summed E-state index contributed by atoms with van der Waals surface area (Å²) in [5.41, 5.74) is 9.78. The lowest BCUT2D eigenvalue weighted by atomic mass is 10.2. The lowest BCUT2D eigenvalue weighted by Gasteiger charge is -2.13. The van der Waals surface area contributed by atoms with E-state index in [-0.39, 0.29) is 5.11 Å². The number of nitrogens with zero attached hydrogens (tertiary/aromatic N) is 1. The van der Waals surface area contributed by atoms with Crippen molar-refractivity contribution in [2.75, 3.05) is 7.11 Å². The highest BCUT2D eigenvalue weighted by molar-refractivity contribution is 14.1. The first-order chi connectivity index (χ1) is 11.1. The third kappa shape index (κ3) is 5.36. The van der Waals surface area contributed by atoms with Gasteiger partial charge in [-0.3, -0.25) is 5.43 Å². The number of thiocarbonyl (C=S) groups is 1. The molecule has 0 amide bonds. The molecule has 0 heterocycles. The van der Waals surface area contributed by atoms with Crippen molar-refractivity contribution in [2.45, 2.75) is 6.61 Å². The fourth-order valence-corrected chi connectivity index (χ4v) is 2.69. The summed E-state index contributed by atoms with van der Waals surface area (Å²) < 4.78 is 12.3. The second-order valence-electron chi connectivity index (χ2n) is 4.54. The van der Waals surface area contributed by atoms with Crippen LogP contribution in [-0.4, -0.2) is 18.4 Å². The van der Waals surface area contributed by atoms with Gasteiger partial charge in [-0.05, 0) is 58.1 Å². The van der Waals surface area contributed by atoms with Gasteiger partial charge in [0.15, 0.2) is 16.6 Å². The minimum atomic E-state index is 0.116. The maximum Gasteiger partial charge on any atom is 0.184 e. The molecule has 0 unspecified atom stereocenters. The van der Waals surface area contributed by atoms with Crippen molar-refractivity contribution < 1.29 is 9.47 Å². The van der Waals surface area contributed by atoms with Gasteiger partial charge in [0.25, 0.3) is 0 Å². The first-order valence-corrected chi connectivity index (χ1v) is 8.21. The Morgan fingerprint density at radius 2 is 2.09 bits per heavy atom. The number of hydrogen-bond acceptors (Lipinski definition) is 4. The Labute approximate surface area is 154 Å². The number of nitrogens with one attached hydrogen (secondary N) is 1. The summed E-state index contributed by atoms with van der Waals surface area (Å²) in [6, 6.07) is 13.7. The number of halogens is 1. The van der Waals surface area contributed by atoms with E-state index in [1.807, 2.05) is 42.5 Å². The Balaban J connectivity index is 2.16.